The number of carboxylic acid groups (broad SMARTS) is 1. The van der Waals surface area contributed by atoms with Crippen LogP contribution in [-0.2, 0) is 29.1 Å². The number of hydrogen-bond acceptors (Lipinski definition) is 3. The molecule has 6 heteroatoms. The highest BCUT2D eigenvalue weighted by Gasteiger charge is 2.26. The van der Waals surface area contributed by atoms with E-state index in [0.29, 0.717) is 26.1 Å². The van der Waals surface area contributed by atoms with Crippen LogP contribution in [0.3, 0.4) is 0 Å². The van der Waals surface area contributed by atoms with E-state index < -0.39 is 5.97 Å². The molecule has 0 spiro atoms. The summed E-state index contributed by atoms with van der Waals surface area (Å²) in [4.78, 5) is 24.4. The van der Waals surface area contributed by atoms with Gasteiger partial charge in [0.1, 0.15) is 0 Å². The van der Waals surface area contributed by atoms with Crippen molar-refractivity contribution in [2.24, 2.45) is 0 Å². The molecular formula is C17H19N3O3. The summed E-state index contributed by atoms with van der Waals surface area (Å²) in [5, 5.41) is 13.6. The Kier molecular flexibility index (Phi) is 4.14. The van der Waals surface area contributed by atoms with Crippen LogP contribution >= 0.6 is 0 Å². The molecule has 1 aliphatic heterocycles. The van der Waals surface area contributed by atoms with Gasteiger partial charge in [-0.05, 0) is 0 Å². The molecule has 23 heavy (non-hydrogen) atoms. The fourth-order valence-electron chi connectivity index (χ4n) is 2.97. The second-order valence-electron chi connectivity index (χ2n) is 5.70. The summed E-state index contributed by atoms with van der Waals surface area (Å²) in [7, 11) is 0. The highest BCUT2D eigenvalue weighted by molar-refractivity contribution is 5.74. The van der Waals surface area contributed by atoms with Crippen molar-refractivity contribution < 1.29 is 14.7 Å². The second-order valence-corrected chi connectivity index (χ2v) is 5.70. The van der Waals surface area contributed by atoms with Gasteiger partial charge in [-0.15, -0.1) is 0 Å². The minimum atomic E-state index is -0.836. The topological polar surface area (TPSA) is 75.4 Å². The number of rotatable bonds is 4. The maximum absolute atomic E-state index is 11.7. The Morgan fingerprint density at radius 1 is 1.26 bits per heavy atom. The lowest BCUT2D eigenvalue weighted by atomic mass is 10.0. The first-order valence-electron chi connectivity index (χ1n) is 7.67. The van der Waals surface area contributed by atoms with E-state index in [2.05, 4.69) is 5.10 Å². The summed E-state index contributed by atoms with van der Waals surface area (Å²) >= 11 is 0. The molecule has 0 bridgehead atoms. The lowest BCUT2D eigenvalue weighted by Crippen LogP contribution is -2.34. The van der Waals surface area contributed by atoms with Gasteiger partial charge in [0.2, 0.25) is 5.91 Å². The number of carbonyl (C=O) groups is 2. The van der Waals surface area contributed by atoms with E-state index in [1.165, 1.54) is 0 Å². The molecule has 1 aromatic carbocycles. The SMILES string of the molecule is CC(=O)N1CCc2c(c(-c3ccccc3)nn2CCC(=O)O)C1. The Bertz CT molecular complexity index is 737. The van der Waals surface area contributed by atoms with Crippen LogP contribution in [-0.4, -0.2) is 38.2 Å². The molecule has 1 N–H and O–H groups in total. The molecule has 2 heterocycles. The van der Waals surface area contributed by atoms with Crippen molar-refractivity contribution in [3.05, 3.63) is 41.6 Å². The smallest absolute Gasteiger partial charge is 0.305 e. The van der Waals surface area contributed by atoms with Crippen LogP contribution in [0.15, 0.2) is 30.3 Å². The number of amides is 1. The van der Waals surface area contributed by atoms with Crippen molar-refractivity contribution in [2.45, 2.75) is 32.9 Å². The molecule has 2 aromatic rings. The number of aryl methyl sites for hydroxylation is 1. The quantitative estimate of drug-likeness (QED) is 0.936. The Balaban J connectivity index is 2.02. The van der Waals surface area contributed by atoms with Crippen molar-refractivity contribution in [3.8, 4) is 11.3 Å². The number of carboxylic acids is 1. The third-order valence-corrected chi connectivity index (χ3v) is 4.16. The van der Waals surface area contributed by atoms with Crippen LogP contribution in [0.1, 0.15) is 24.6 Å². The lowest BCUT2D eigenvalue weighted by molar-refractivity contribution is -0.137. The number of benzene rings is 1. The van der Waals surface area contributed by atoms with Gasteiger partial charge >= 0.3 is 5.97 Å². The molecule has 1 amide bonds. The summed E-state index contributed by atoms with van der Waals surface area (Å²) in [5.41, 5.74) is 3.91. The van der Waals surface area contributed by atoms with E-state index in [1.54, 1.807) is 16.5 Å². The summed E-state index contributed by atoms with van der Waals surface area (Å²) in [5.74, 6) is -0.787. The molecule has 0 saturated heterocycles. The number of nitrogens with zero attached hydrogens (tertiary/aromatic N) is 3. The van der Waals surface area contributed by atoms with Crippen LogP contribution < -0.4 is 0 Å². The van der Waals surface area contributed by atoms with Crippen LogP contribution in [0, 0.1) is 0 Å². The molecule has 3 rings (SSSR count). The molecule has 1 aliphatic rings. The third kappa shape index (κ3) is 3.11. The molecule has 0 radical (unpaired) electrons. The van der Waals surface area contributed by atoms with Crippen LogP contribution in [0.25, 0.3) is 11.3 Å². The predicted molar refractivity (Wildman–Crippen MR) is 84.7 cm³/mol. The molecule has 1 aromatic heterocycles. The van der Waals surface area contributed by atoms with Crippen molar-refractivity contribution in [3.63, 3.8) is 0 Å². The normalized spacial score (nSPS) is 13.7. The highest BCUT2D eigenvalue weighted by Crippen LogP contribution is 2.30. The monoisotopic (exact) mass is 313 g/mol. The average molecular weight is 313 g/mol. The Hall–Kier alpha value is -2.63. The number of aliphatic carboxylic acids is 1. The maximum Gasteiger partial charge on any atom is 0.305 e. The molecule has 120 valence electrons. The molecule has 0 unspecified atom stereocenters. The second kappa shape index (κ2) is 6.24. The van der Waals surface area contributed by atoms with E-state index in [9.17, 15) is 9.59 Å². The van der Waals surface area contributed by atoms with Gasteiger partial charge in [0.25, 0.3) is 0 Å². The molecule has 0 saturated carbocycles. The van der Waals surface area contributed by atoms with E-state index in [-0.39, 0.29) is 12.3 Å². The minimum absolute atomic E-state index is 0.0404. The Morgan fingerprint density at radius 2 is 2.00 bits per heavy atom. The molecule has 6 nitrogen and oxygen atoms in total. The fourth-order valence-corrected chi connectivity index (χ4v) is 2.97. The van der Waals surface area contributed by atoms with Gasteiger partial charge in [-0.3, -0.25) is 14.3 Å². The maximum atomic E-state index is 11.7. The highest BCUT2D eigenvalue weighted by atomic mass is 16.4. The van der Waals surface area contributed by atoms with Crippen molar-refractivity contribution >= 4 is 11.9 Å². The predicted octanol–water partition coefficient (Wildman–Crippen LogP) is 1.93. The van der Waals surface area contributed by atoms with Gasteiger partial charge in [-0.2, -0.15) is 5.10 Å². The van der Waals surface area contributed by atoms with E-state index in [4.69, 9.17) is 5.11 Å². The van der Waals surface area contributed by atoms with Crippen molar-refractivity contribution in [1.82, 2.24) is 14.7 Å². The van der Waals surface area contributed by atoms with E-state index in [0.717, 1.165) is 22.5 Å². The van der Waals surface area contributed by atoms with E-state index in [1.807, 2.05) is 30.3 Å². The Labute approximate surface area is 134 Å². The van der Waals surface area contributed by atoms with E-state index >= 15 is 0 Å². The van der Waals surface area contributed by atoms with Gasteiger partial charge in [-0.1, -0.05) is 30.3 Å². The van der Waals surface area contributed by atoms with Gasteiger partial charge in [0.05, 0.1) is 18.7 Å². The number of aromatic nitrogens is 2. The Morgan fingerprint density at radius 3 is 2.65 bits per heavy atom. The summed E-state index contributed by atoms with van der Waals surface area (Å²) in [6, 6.07) is 9.81. The summed E-state index contributed by atoms with van der Waals surface area (Å²) in [6.45, 7) is 3.10. The summed E-state index contributed by atoms with van der Waals surface area (Å²) in [6.07, 6.45) is 0.743. The van der Waals surface area contributed by atoms with Gasteiger partial charge in [0, 0.05) is 43.3 Å². The van der Waals surface area contributed by atoms with Crippen LogP contribution in [0.2, 0.25) is 0 Å². The largest absolute Gasteiger partial charge is 0.481 e. The lowest BCUT2D eigenvalue weighted by Gasteiger charge is -2.26. The number of hydrogen-bond donors (Lipinski definition) is 1. The zero-order valence-electron chi connectivity index (χ0n) is 13.0. The van der Waals surface area contributed by atoms with Crippen molar-refractivity contribution in [2.75, 3.05) is 6.54 Å². The number of carbonyl (C=O) groups excluding carboxylic acids is 1. The third-order valence-electron chi connectivity index (χ3n) is 4.16. The van der Waals surface area contributed by atoms with Crippen LogP contribution in [0.5, 0.6) is 0 Å². The van der Waals surface area contributed by atoms with Crippen molar-refractivity contribution in [1.29, 1.82) is 0 Å². The van der Waals surface area contributed by atoms with Crippen LogP contribution in [0.4, 0.5) is 0 Å². The minimum Gasteiger partial charge on any atom is -0.481 e. The molecule has 0 atom stereocenters. The zero-order chi connectivity index (χ0) is 16.4. The number of fused-ring (bicyclic) bond motifs is 1. The first-order chi connectivity index (χ1) is 11.1. The fraction of sp³-hybridized carbons (Fsp3) is 0.353. The van der Waals surface area contributed by atoms with Gasteiger partial charge < -0.3 is 10.0 Å². The zero-order valence-corrected chi connectivity index (χ0v) is 13.0. The summed E-state index contributed by atoms with van der Waals surface area (Å²) < 4.78 is 1.79. The molecule has 0 fully saturated rings. The first-order valence-corrected chi connectivity index (χ1v) is 7.67. The first kappa shape index (κ1) is 15.3. The molecular weight excluding hydrogens is 294 g/mol. The average Bonchev–Trinajstić information content (AvgIpc) is 2.91. The standard InChI is InChI=1S/C17H19N3O3/c1-12(21)19-9-7-15-14(11-19)17(13-5-3-2-4-6-13)18-20(15)10-8-16(22)23/h2-6H,7-11H2,1H3,(H,22,23). The van der Waals surface area contributed by atoms with Gasteiger partial charge in [0.15, 0.2) is 0 Å². The van der Waals surface area contributed by atoms with Gasteiger partial charge in [-0.25, -0.2) is 0 Å². The molecule has 0 aliphatic carbocycles.